The molecule has 0 spiro atoms. The molecule has 330 valence electrons. The Morgan fingerprint density at radius 2 is 0.563 bits per heavy atom. The lowest BCUT2D eigenvalue weighted by molar-refractivity contribution is 1.26. The van der Waals surface area contributed by atoms with Crippen molar-refractivity contribution in [2.75, 3.05) is 9.80 Å². The van der Waals surface area contributed by atoms with Crippen molar-refractivity contribution in [2.24, 2.45) is 0 Å². The van der Waals surface area contributed by atoms with Gasteiger partial charge in [-0.05, 0) is 166 Å². The van der Waals surface area contributed by atoms with Crippen molar-refractivity contribution in [3.63, 3.8) is 0 Å². The van der Waals surface area contributed by atoms with Crippen LogP contribution in [0.25, 0.3) is 77.2 Å². The number of nitrogens with zero attached hydrogens (tertiary/aromatic N) is 3. The molecule has 0 N–H and O–H groups in total. The van der Waals surface area contributed by atoms with E-state index in [0.717, 1.165) is 56.1 Å². The standard InChI is InChI=1S/C67H44BN3/c1-5-17-45(18-6-1)54-33-55(46-19-7-2-8-20-46)36-59(35-54)70-63-41-52-27-15-13-25-50(52)39-61(63)68-62-40-51-26-14-16-28-53(51)42-64(62)71(66-44-58(43-65(70)67(66)68)49-29-31-69-32-30-49)60-37-56(47-21-9-3-10-22-47)34-57(38-60)48-23-11-4-12-24-48/h1-44H. The van der Waals surface area contributed by atoms with Gasteiger partial charge in [-0.25, -0.2) is 0 Å². The van der Waals surface area contributed by atoms with Crippen LogP contribution in [0.5, 0.6) is 0 Å². The number of anilines is 6. The van der Waals surface area contributed by atoms with E-state index in [1.165, 1.54) is 71.6 Å². The first-order valence-corrected chi connectivity index (χ1v) is 24.4. The second kappa shape index (κ2) is 16.8. The Morgan fingerprint density at radius 3 is 0.930 bits per heavy atom. The van der Waals surface area contributed by atoms with E-state index in [1.54, 1.807) is 0 Å². The highest BCUT2D eigenvalue weighted by molar-refractivity contribution is 7.00. The third-order valence-corrected chi connectivity index (χ3v) is 14.6. The second-order valence-corrected chi connectivity index (χ2v) is 18.8. The summed E-state index contributed by atoms with van der Waals surface area (Å²) < 4.78 is 0. The SMILES string of the molecule is c1ccc(-c2cc(-c3ccccc3)cc(N3c4cc5ccccc5cc4B4c5cc6ccccc6cc5N(c5cc(-c6ccccc6)cc(-c6ccccc6)c5)c5cc(-c6ccncc6)cc3c54)c2)cc1. The average Bonchev–Trinajstić information content (AvgIpc) is 3.45. The summed E-state index contributed by atoms with van der Waals surface area (Å²) in [5, 5.41) is 4.85. The number of fused-ring (bicyclic) bond motifs is 6. The van der Waals surface area contributed by atoms with E-state index in [1.807, 2.05) is 12.4 Å². The Balaban J connectivity index is 1.13. The van der Waals surface area contributed by atoms with E-state index >= 15 is 0 Å². The van der Waals surface area contributed by atoms with E-state index in [-0.39, 0.29) is 6.71 Å². The molecule has 2 aliphatic rings. The number of hydrogen-bond acceptors (Lipinski definition) is 3. The first kappa shape index (κ1) is 40.8. The lowest BCUT2D eigenvalue weighted by atomic mass is 9.33. The van der Waals surface area contributed by atoms with E-state index < -0.39 is 0 Å². The number of aromatic nitrogens is 1. The normalized spacial score (nSPS) is 12.4. The zero-order valence-corrected chi connectivity index (χ0v) is 38.8. The minimum absolute atomic E-state index is 0.0880. The molecule has 0 fully saturated rings. The molecule has 0 amide bonds. The first-order valence-electron chi connectivity index (χ1n) is 24.4. The summed E-state index contributed by atoms with van der Waals surface area (Å²) in [4.78, 5) is 9.64. The van der Waals surface area contributed by atoms with Crippen LogP contribution in [0.3, 0.4) is 0 Å². The van der Waals surface area contributed by atoms with Crippen molar-refractivity contribution in [1.29, 1.82) is 0 Å². The number of rotatable bonds is 7. The van der Waals surface area contributed by atoms with Gasteiger partial charge in [0.2, 0.25) is 0 Å². The van der Waals surface area contributed by atoms with Crippen molar-refractivity contribution in [2.45, 2.75) is 0 Å². The molecule has 0 bridgehead atoms. The molecule has 0 atom stereocenters. The number of pyridine rings is 1. The highest BCUT2D eigenvalue weighted by Crippen LogP contribution is 2.49. The predicted octanol–water partition coefficient (Wildman–Crippen LogP) is 15.8. The molecular formula is C67H44BN3. The van der Waals surface area contributed by atoms with Gasteiger partial charge in [0.1, 0.15) is 0 Å². The van der Waals surface area contributed by atoms with Crippen LogP contribution in [0, 0.1) is 0 Å². The molecule has 11 aromatic carbocycles. The van der Waals surface area contributed by atoms with Crippen molar-refractivity contribution in [1.82, 2.24) is 4.98 Å². The summed E-state index contributed by atoms with van der Waals surface area (Å²) in [7, 11) is 0. The molecule has 0 aliphatic carbocycles. The van der Waals surface area contributed by atoms with E-state index in [0.29, 0.717) is 0 Å². The molecule has 14 rings (SSSR count). The van der Waals surface area contributed by atoms with Crippen molar-refractivity contribution >= 4 is 78.8 Å². The van der Waals surface area contributed by atoms with Crippen LogP contribution in [-0.4, -0.2) is 11.7 Å². The summed E-state index contributed by atoms with van der Waals surface area (Å²) in [6, 6.07) is 94.2. The van der Waals surface area contributed by atoms with Crippen LogP contribution < -0.4 is 26.2 Å². The summed E-state index contributed by atoms with van der Waals surface area (Å²) in [5.41, 5.74) is 22.2. The Labute approximate surface area is 414 Å². The molecule has 12 aromatic rings. The van der Waals surface area contributed by atoms with Crippen LogP contribution in [0.2, 0.25) is 0 Å². The molecular weight excluding hydrogens is 858 g/mol. The third kappa shape index (κ3) is 7.03. The first-order chi connectivity index (χ1) is 35.2. The predicted molar refractivity (Wildman–Crippen MR) is 300 cm³/mol. The molecule has 0 unspecified atom stereocenters. The van der Waals surface area contributed by atoms with Gasteiger partial charge in [0.05, 0.1) is 0 Å². The lowest BCUT2D eigenvalue weighted by Gasteiger charge is -2.45. The van der Waals surface area contributed by atoms with Gasteiger partial charge in [-0.3, -0.25) is 4.98 Å². The summed E-state index contributed by atoms with van der Waals surface area (Å²) in [6.07, 6.45) is 3.82. The zero-order chi connectivity index (χ0) is 46.8. The minimum atomic E-state index is -0.0880. The summed E-state index contributed by atoms with van der Waals surface area (Å²) in [6.45, 7) is -0.0880. The van der Waals surface area contributed by atoms with Gasteiger partial charge in [-0.1, -0.05) is 182 Å². The monoisotopic (exact) mass is 901 g/mol. The Kier molecular flexibility index (Phi) is 9.63. The van der Waals surface area contributed by atoms with Crippen LogP contribution >= 0.6 is 0 Å². The lowest BCUT2D eigenvalue weighted by Crippen LogP contribution is -2.61. The van der Waals surface area contributed by atoms with Crippen LogP contribution in [0.4, 0.5) is 34.1 Å². The fourth-order valence-electron chi connectivity index (χ4n) is 11.3. The highest BCUT2D eigenvalue weighted by Gasteiger charge is 2.44. The zero-order valence-electron chi connectivity index (χ0n) is 38.8. The fourth-order valence-corrected chi connectivity index (χ4v) is 11.3. The van der Waals surface area contributed by atoms with Crippen LogP contribution in [0.1, 0.15) is 0 Å². The molecule has 4 heteroatoms. The maximum atomic E-state index is 4.50. The maximum absolute atomic E-state index is 4.50. The Morgan fingerprint density at radius 1 is 0.254 bits per heavy atom. The molecule has 71 heavy (non-hydrogen) atoms. The van der Waals surface area contributed by atoms with E-state index in [9.17, 15) is 0 Å². The fraction of sp³-hybridized carbons (Fsp3) is 0. The second-order valence-electron chi connectivity index (χ2n) is 18.8. The summed E-state index contributed by atoms with van der Waals surface area (Å²) >= 11 is 0. The van der Waals surface area contributed by atoms with Crippen molar-refractivity contribution in [3.05, 3.63) is 267 Å². The van der Waals surface area contributed by atoms with Gasteiger partial charge in [-0.15, -0.1) is 0 Å². The van der Waals surface area contributed by atoms with Gasteiger partial charge in [0.25, 0.3) is 6.71 Å². The number of benzene rings is 11. The van der Waals surface area contributed by atoms with Gasteiger partial charge in [-0.2, -0.15) is 0 Å². The molecule has 0 saturated heterocycles. The quantitative estimate of drug-likeness (QED) is 0.149. The van der Waals surface area contributed by atoms with Gasteiger partial charge in [0.15, 0.2) is 0 Å². The largest absolute Gasteiger partial charge is 0.311 e. The average molecular weight is 902 g/mol. The van der Waals surface area contributed by atoms with Gasteiger partial charge in [0, 0.05) is 46.5 Å². The third-order valence-electron chi connectivity index (χ3n) is 14.6. The van der Waals surface area contributed by atoms with Crippen LogP contribution in [0.15, 0.2) is 267 Å². The maximum Gasteiger partial charge on any atom is 0.252 e. The molecule has 3 heterocycles. The molecule has 1 aromatic heterocycles. The summed E-state index contributed by atoms with van der Waals surface area (Å²) in [5.74, 6) is 0. The van der Waals surface area contributed by atoms with Gasteiger partial charge < -0.3 is 9.80 Å². The van der Waals surface area contributed by atoms with Crippen LogP contribution in [-0.2, 0) is 0 Å². The smallest absolute Gasteiger partial charge is 0.252 e. The van der Waals surface area contributed by atoms with Crippen molar-refractivity contribution in [3.8, 4) is 55.6 Å². The Hall–Kier alpha value is -9.25. The topological polar surface area (TPSA) is 19.4 Å². The molecule has 3 nitrogen and oxygen atoms in total. The molecule has 0 radical (unpaired) electrons. The molecule has 2 aliphatic heterocycles. The van der Waals surface area contributed by atoms with Crippen molar-refractivity contribution < 1.29 is 0 Å². The Bertz CT molecular complexity index is 3640. The van der Waals surface area contributed by atoms with E-state index in [4.69, 9.17) is 0 Å². The molecule has 0 saturated carbocycles. The number of hydrogen-bond donors (Lipinski definition) is 0. The van der Waals surface area contributed by atoms with Gasteiger partial charge >= 0.3 is 0 Å². The highest BCUT2D eigenvalue weighted by atomic mass is 15.2. The minimum Gasteiger partial charge on any atom is -0.311 e. The van der Waals surface area contributed by atoms with E-state index in [2.05, 4.69) is 270 Å².